The fraction of sp³-hybridized carbons (Fsp3) is 0.667. The molecular weight excluding hydrogens is 120 g/mol. The van der Waals surface area contributed by atoms with Crippen LogP contribution in [0.5, 0.6) is 0 Å². The molecule has 3 heteroatoms. The Bertz CT molecular complexity index is 105. The van der Waals surface area contributed by atoms with E-state index in [-0.39, 0.29) is 5.97 Å². The lowest BCUT2D eigenvalue weighted by Crippen LogP contribution is -2.11. The Morgan fingerprint density at radius 2 is 2.56 bits per heavy atom. The van der Waals surface area contributed by atoms with Gasteiger partial charge in [-0.3, -0.25) is 0 Å². The van der Waals surface area contributed by atoms with Crippen molar-refractivity contribution in [3.05, 3.63) is 6.10 Å². The zero-order valence-corrected chi connectivity index (χ0v) is 5.35. The van der Waals surface area contributed by atoms with Crippen molar-refractivity contribution in [2.45, 2.75) is 12.8 Å². The average molecular weight is 129 g/mol. The van der Waals surface area contributed by atoms with Gasteiger partial charge in [-0.1, -0.05) is 0 Å². The maximum Gasteiger partial charge on any atom is 0.341 e. The molecule has 1 rings (SSSR count). The first-order chi connectivity index (χ1) is 4.34. The average Bonchev–Trinajstić information content (AvgIpc) is 2.37. The van der Waals surface area contributed by atoms with Crippen molar-refractivity contribution in [2.24, 2.45) is 0 Å². The summed E-state index contributed by atoms with van der Waals surface area (Å²) in [5.74, 6) is -0.326. The largest absolute Gasteiger partial charge is 0.467 e. The quantitative estimate of drug-likeness (QED) is 0.484. The molecule has 9 heavy (non-hydrogen) atoms. The first kappa shape index (κ1) is 6.55. The van der Waals surface area contributed by atoms with E-state index in [2.05, 4.69) is 4.74 Å². The van der Waals surface area contributed by atoms with E-state index < -0.39 is 0 Å². The van der Waals surface area contributed by atoms with Gasteiger partial charge >= 0.3 is 5.97 Å². The third-order valence-corrected chi connectivity index (χ3v) is 1.24. The number of esters is 1. The molecule has 51 valence electrons. The van der Waals surface area contributed by atoms with Crippen LogP contribution in [-0.2, 0) is 14.3 Å². The summed E-state index contributed by atoms with van der Waals surface area (Å²) in [6, 6.07) is 0. The van der Waals surface area contributed by atoms with Crippen molar-refractivity contribution in [3.63, 3.8) is 0 Å². The van der Waals surface area contributed by atoms with E-state index in [0.717, 1.165) is 12.8 Å². The number of hydrogen-bond donors (Lipinski definition) is 0. The maximum absolute atomic E-state index is 10.6. The second-order valence-corrected chi connectivity index (χ2v) is 1.87. The lowest BCUT2D eigenvalue weighted by atomic mass is 10.2. The minimum absolute atomic E-state index is 0.326. The van der Waals surface area contributed by atoms with Gasteiger partial charge in [0.15, 0.2) is 0 Å². The Morgan fingerprint density at radius 3 is 3.00 bits per heavy atom. The summed E-state index contributed by atoms with van der Waals surface area (Å²) in [4.78, 5) is 10.6. The van der Waals surface area contributed by atoms with E-state index in [9.17, 15) is 4.79 Å². The van der Waals surface area contributed by atoms with Crippen LogP contribution < -0.4 is 0 Å². The van der Waals surface area contributed by atoms with Gasteiger partial charge in [0.05, 0.1) is 7.11 Å². The molecule has 0 atom stereocenters. The van der Waals surface area contributed by atoms with Crippen LogP contribution in [0.3, 0.4) is 0 Å². The van der Waals surface area contributed by atoms with Crippen molar-refractivity contribution >= 4 is 5.97 Å². The normalized spacial score (nSPS) is 20.1. The lowest BCUT2D eigenvalue weighted by Gasteiger charge is -2.02. The Kier molecular flexibility index (Phi) is 2.05. The fourth-order valence-electron chi connectivity index (χ4n) is 0.775. The molecule has 0 aliphatic carbocycles. The molecule has 0 amide bonds. The van der Waals surface area contributed by atoms with E-state index in [1.165, 1.54) is 7.11 Å². The summed E-state index contributed by atoms with van der Waals surface area (Å²) in [7, 11) is 1.36. The number of hydrogen-bond acceptors (Lipinski definition) is 3. The van der Waals surface area contributed by atoms with E-state index >= 15 is 0 Å². The molecular formula is C6H9O3. The number of ether oxygens (including phenoxy) is 2. The zero-order valence-electron chi connectivity index (χ0n) is 5.35. The molecule has 1 aliphatic rings. The van der Waals surface area contributed by atoms with Crippen LogP contribution in [0.2, 0.25) is 0 Å². The van der Waals surface area contributed by atoms with Crippen LogP contribution >= 0.6 is 0 Å². The molecule has 1 heterocycles. The number of methoxy groups -OCH3 is 1. The predicted octanol–water partition coefficient (Wildman–Crippen LogP) is 0.502. The molecule has 0 spiro atoms. The molecule has 1 fully saturated rings. The molecule has 0 unspecified atom stereocenters. The van der Waals surface area contributed by atoms with E-state index in [0.29, 0.717) is 12.7 Å². The number of carbonyl (C=O) groups is 1. The SMILES string of the molecule is COC(=O)[C]1CCCO1. The highest BCUT2D eigenvalue weighted by Crippen LogP contribution is 2.19. The van der Waals surface area contributed by atoms with Crippen LogP contribution in [0, 0.1) is 6.10 Å². The smallest absolute Gasteiger partial charge is 0.341 e. The monoisotopic (exact) mass is 129 g/mol. The van der Waals surface area contributed by atoms with Gasteiger partial charge in [0.2, 0.25) is 6.10 Å². The number of carbonyl (C=O) groups excluding carboxylic acids is 1. The minimum Gasteiger partial charge on any atom is -0.467 e. The molecule has 0 aromatic carbocycles. The minimum atomic E-state index is -0.326. The van der Waals surface area contributed by atoms with Crippen LogP contribution in [0.15, 0.2) is 0 Å². The molecule has 1 radical (unpaired) electrons. The van der Waals surface area contributed by atoms with E-state index in [1.807, 2.05) is 0 Å². The predicted molar refractivity (Wildman–Crippen MR) is 30.4 cm³/mol. The standard InChI is InChI=1S/C6H9O3/c1-8-6(7)5-3-2-4-9-5/h2-4H2,1H3. The van der Waals surface area contributed by atoms with Gasteiger partial charge in [0, 0.05) is 6.61 Å². The van der Waals surface area contributed by atoms with Gasteiger partial charge in [-0.15, -0.1) is 0 Å². The van der Waals surface area contributed by atoms with Crippen LogP contribution in [0.1, 0.15) is 12.8 Å². The van der Waals surface area contributed by atoms with Crippen LogP contribution in [0.25, 0.3) is 0 Å². The first-order valence-corrected chi connectivity index (χ1v) is 2.91. The van der Waals surface area contributed by atoms with Gasteiger partial charge in [-0.2, -0.15) is 0 Å². The van der Waals surface area contributed by atoms with Crippen molar-refractivity contribution in [1.29, 1.82) is 0 Å². The lowest BCUT2D eigenvalue weighted by molar-refractivity contribution is -0.143. The summed E-state index contributed by atoms with van der Waals surface area (Å²) in [5.41, 5.74) is 0. The highest BCUT2D eigenvalue weighted by atomic mass is 16.6. The van der Waals surface area contributed by atoms with Crippen molar-refractivity contribution < 1.29 is 14.3 Å². The highest BCUT2D eigenvalue weighted by Gasteiger charge is 2.25. The van der Waals surface area contributed by atoms with E-state index in [1.54, 1.807) is 0 Å². The summed E-state index contributed by atoms with van der Waals surface area (Å²) in [6.07, 6.45) is 2.13. The summed E-state index contributed by atoms with van der Waals surface area (Å²) in [5, 5.41) is 0. The molecule has 0 aromatic rings. The Hall–Kier alpha value is -0.570. The Morgan fingerprint density at radius 1 is 1.78 bits per heavy atom. The zero-order chi connectivity index (χ0) is 6.69. The topological polar surface area (TPSA) is 35.5 Å². The second kappa shape index (κ2) is 2.82. The molecule has 0 saturated carbocycles. The second-order valence-electron chi connectivity index (χ2n) is 1.87. The van der Waals surface area contributed by atoms with Crippen molar-refractivity contribution in [1.82, 2.24) is 0 Å². The third kappa shape index (κ3) is 1.42. The molecule has 0 aromatic heterocycles. The molecule has 0 N–H and O–H groups in total. The molecule has 1 saturated heterocycles. The molecule has 3 nitrogen and oxygen atoms in total. The highest BCUT2D eigenvalue weighted by molar-refractivity contribution is 5.82. The van der Waals surface area contributed by atoms with Crippen molar-refractivity contribution in [2.75, 3.05) is 13.7 Å². The summed E-state index contributed by atoms with van der Waals surface area (Å²) in [6.45, 7) is 0.657. The first-order valence-electron chi connectivity index (χ1n) is 2.91. The van der Waals surface area contributed by atoms with Gasteiger partial charge in [0.25, 0.3) is 0 Å². The molecule has 1 aliphatic heterocycles. The van der Waals surface area contributed by atoms with Crippen molar-refractivity contribution in [3.8, 4) is 0 Å². The van der Waals surface area contributed by atoms with Gasteiger partial charge < -0.3 is 9.47 Å². The van der Waals surface area contributed by atoms with Gasteiger partial charge in [-0.05, 0) is 12.8 Å². The Balaban J connectivity index is 2.32. The summed E-state index contributed by atoms with van der Waals surface area (Å²) < 4.78 is 9.38. The van der Waals surface area contributed by atoms with Crippen LogP contribution in [-0.4, -0.2) is 19.7 Å². The fourth-order valence-corrected chi connectivity index (χ4v) is 0.775. The molecule has 0 bridgehead atoms. The maximum atomic E-state index is 10.6. The van der Waals surface area contributed by atoms with Gasteiger partial charge in [-0.25, -0.2) is 4.79 Å². The Labute approximate surface area is 53.9 Å². The van der Waals surface area contributed by atoms with Crippen LogP contribution in [0.4, 0.5) is 0 Å². The van der Waals surface area contributed by atoms with Gasteiger partial charge in [0.1, 0.15) is 0 Å². The third-order valence-electron chi connectivity index (χ3n) is 1.24. The van der Waals surface area contributed by atoms with E-state index in [4.69, 9.17) is 4.74 Å². The summed E-state index contributed by atoms with van der Waals surface area (Å²) >= 11 is 0. The number of rotatable bonds is 1.